The smallest absolute Gasteiger partial charge is 0.243 e. The van der Waals surface area contributed by atoms with Gasteiger partial charge in [-0.25, -0.2) is 38.1 Å². The Morgan fingerprint density at radius 2 is 0.707 bits per heavy atom. The van der Waals surface area contributed by atoms with Gasteiger partial charge in [0.25, 0.3) is 0 Å². The van der Waals surface area contributed by atoms with Gasteiger partial charge in [-0.3, -0.25) is 4.98 Å². The normalized spacial score (nSPS) is 12.5. The van der Waals surface area contributed by atoms with E-state index in [1.165, 1.54) is 79.6 Å². The predicted molar refractivity (Wildman–Crippen MR) is 288 cm³/mol. The lowest BCUT2D eigenvalue weighted by atomic mass is 10.0. The first kappa shape index (κ1) is 54.5. The number of benzene rings is 7. The Hall–Kier alpha value is -6.74. The summed E-state index contributed by atoms with van der Waals surface area (Å²) in [5.74, 6) is -0.585. The summed E-state index contributed by atoms with van der Waals surface area (Å²) >= 11 is 0. The van der Waals surface area contributed by atoms with Crippen LogP contribution in [-0.2, 0) is 79.4 Å². The molecule has 0 radical (unpaired) electrons. The summed E-state index contributed by atoms with van der Waals surface area (Å²) in [4.78, 5) is 4.17. The van der Waals surface area contributed by atoms with Gasteiger partial charge in [0, 0.05) is 57.6 Å². The Morgan fingerprint density at radius 3 is 1.11 bits per heavy atom. The number of hydrogen-bond donors (Lipinski definition) is 0. The van der Waals surface area contributed by atoms with E-state index >= 15 is 4.39 Å². The number of aromatic nitrogens is 1. The second-order valence-corrected chi connectivity index (χ2v) is 25.4. The third-order valence-electron chi connectivity index (χ3n) is 12.6. The molecule has 0 unspecified atom stereocenters. The van der Waals surface area contributed by atoms with Gasteiger partial charge in [0.2, 0.25) is 40.1 Å². The van der Waals surface area contributed by atoms with Crippen molar-refractivity contribution in [3.63, 3.8) is 0 Å². The van der Waals surface area contributed by atoms with E-state index in [1.54, 1.807) is 62.5 Å². The number of nitrogens with zero attached hydrogens (tertiary/aromatic N) is 5. The first-order valence-electron chi connectivity index (χ1n) is 24.1. The first-order valence-corrected chi connectivity index (χ1v) is 29.8. The number of rotatable bonds is 23. The molecule has 8 rings (SSSR count). The Labute approximate surface area is 440 Å². The first-order chi connectivity index (χ1) is 36.0. The molecule has 0 bridgehead atoms. The van der Waals surface area contributed by atoms with Crippen molar-refractivity contribution in [2.24, 2.45) is 0 Å². The van der Waals surface area contributed by atoms with Crippen LogP contribution >= 0.6 is 0 Å². The van der Waals surface area contributed by atoms with E-state index in [0.29, 0.717) is 16.8 Å². The van der Waals surface area contributed by atoms with E-state index in [0.717, 1.165) is 26.6 Å². The summed E-state index contributed by atoms with van der Waals surface area (Å²) in [6, 6.07) is 54.3. The highest BCUT2D eigenvalue weighted by Crippen LogP contribution is 2.29. The lowest BCUT2D eigenvalue weighted by Gasteiger charge is -2.24. The van der Waals surface area contributed by atoms with Gasteiger partial charge in [0.1, 0.15) is 5.82 Å². The largest absolute Gasteiger partial charge is 0.260 e. The van der Waals surface area contributed by atoms with Crippen LogP contribution in [-0.4, -0.2) is 69.0 Å². The zero-order valence-electron chi connectivity index (χ0n) is 41.3. The minimum atomic E-state index is -4.34. The molecule has 388 valence electrons. The van der Waals surface area contributed by atoms with Crippen molar-refractivity contribution >= 4 is 40.1 Å². The van der Waals surface area contributed by atoms with E-state index in [-0.39, 0.29) is 77.5 Å². The van der Waals surface area contributed by atoms with Crippen LogP contribution in [0, 0.1) is 5.82 Å². The van der Waals surface area contributed by atoms with Crippen LogP contribution in [0.4, 0.5) is 4.39 Å². The van der Waals surface area contributed by atoms with Gasteiger partial charge >= 0.3 is 0 Å². The average molecular weight is 1090 g/mol. The minimum Gasteiger partial charge on any atom is -0.260 e. The molecule has 0 spiro atoms. The fourth-order valence-electron chi connectivity index (χ4n) is 8.46. The quantitative estimate of drug-likeness (QED) is 0.0607. The molecule has 13 nitrogen and oxygen atoms in total. The van der Waals surface area contributed by atoms with Crippen molar-refractivity contribution in [3.05, 3.63) is 246 Å². The highest BCUT2D eigenvalue weighted by atomic mass is 32.2. The van der Waals surface area contributed by atoms with Crippen LogP contribution < -0.4 is 0 Å². The molecule has 0 aliphatic heterocycles. The Kier molecular flexibility index (Phi) is 17.3. The summed E-state index contributed by atoms with van der Waals surface area (Å²) in [6.45, 7) is 3.55. The van der Waals surface area contributed by atoms with Crippen molar-refractivity contribution in [1.82, 2.24) is 22.2 Å². The minimum absolute atomic E-state index is 0.00767. The van der Waals surface area contributed by atoms with Gasteiger partial charge in [-0.1, -0.05) is 147 Å². The molecule has 0 aliphatic rings. The fraction of sp³-hybridized carbons (Fsp3) is 0.175. The van der Waals surface area contributed by atoms with E-state index in [9.17, 15) is 33.7 Å². The molecule has 8 aromatic rings. The van der Waals surface area contributed by atoms with E-state index < -0.39 is 45.9 Å². The molecule has 0 atom stereocenters. The number of pyridine rings is 1. The van der Waals surface area contributed by atoms with Crippen molar-refractivity contribution in [2.75, 3.05) is 13.1 Å². The molecule has 0 amide bonds. The van der Waals surface area contributed by atoms with Crippen molar-refractivity contribution in [3.8, 4) is 11.1 Å². The van der Waals surface area contributed by atoms with Gasteiger partial charge in [0.15, 0.2) is 0 Å². The number of halogens is 1. The van der Waals surface area contributed by atoms with Gasteiger partial charge in [-0.2, -0.15) is 17.2 Å². The number of hydrogen-bond acceptors (Lipinski definition) is 9. The van der Waals surface area contributed by atoms with Crippen LogP contribution in [0.1, 0.15) is 47.4 Å². The molecule has 75 heavy (non-hydrogen) atoms. The fourth-order valence-corrected chi connectivity index (χ4v) is 14.1. The molecule has 1 aromatic heterocycles. The SMILES string of the molecule is CCN(Cc1ccccc1)S(=O)(=O)c1ccc(S(=O)(=O)N(Cc2ccccc2)Cc2cc(-c3ccc(CN(Cc4ccccc4F)S(=O)(=O)c4ccc(S(=O)(=O)N(CC)Cc5ccccc5)cc4)cc3)ccn2)cc1. The Bertz CT molecular complexity index is 3660. The topological polar surface area (TPSA) is 162 Å². The Morgan fingerprint density at radius 1 is 0.360 bits per heavy atom. The van der Waals surface area contributed by atoms with Crippen molar-refractivity contribution in [1.29, 1.82) is 0 Å². The summed E-state index contributed by atoms with van der Waals surface area (Å²) in [7, 11) is -16.5. The maximum atomic E-state index is 15.1. The molecule has 0 fully saturated rings. The molecular formula is C57H56FN5O8S4. The van der Waals surface area contributed by atoms with Crippen molar-refractivity contribution in [2.45, 2.75) is 72.7 Å². The van der Waals surface area contributed by atoms with E-state index in [1.807, 2.05) is 91.0 Å². The van der Waals surface area contributed by atoms with Gasteiger partial charge in [-0.05, 0) is 100 Å². The summed E-state index contributed by atoms with van der Waals surface area (Å²) in [5.41, 5.74) is 4.91. The van der Waals surface area contributed by atoms with Gasteiger partial charge < -0.3 is 0 Å². The molecule has 0 saturated heterocycles. The van der Waals surface area contributed by atoms with Crippen LogP contribution in [0.5, 0.6) is 0 Å². The highest BCUT2D eigenvalue weighted by Gasteiger charge is 2.31. The predicted octanol–water partition coefficient (Wildman–Crippen LogP) is 10.1. The monoisotopic (exact) mass is 1090 g/mol. The maximum Gasteiger partial charge on any atom is 0.243 e. The Balaban J connectivity index is 1.02. The summed E-state index contributed by atoms with van der Waals surface area (Å²) < 4.78 is 133. The second kappa shape index (κ2) is 23.9. The molecule has 18 heteroatoms. The molecule has 0 aliphatic carbocycles. The van der Waals surface area contributed by atoms with Crippen LogP contribution in [0.2, 0.25) is 0 Å². The zero-order chi connectivity index (χ0) is 53.2. The molecule has 0 saturated carbocycles. The summed E-state index contributed by atoms with van der Waals surface area (Å²) in [5, 5.41) is 0. The highest BCUT2D eigenvalue weighted by molar-refractivity contribution is 7.90. The third kappa shape index (κ3) is 13.0. The van der Waals surface area contributed by atoms with Crippen LogP contribution in [0.25, 0.3) is 11.1 Å². The molecule has 0 N–H and O–H groups in total. The van der Waals surface area contributed by atoms with Gasteiger partial charge in [-0.15, -0.1) is 0 Å². The second-order valence-electron chi connectivity index (χ2n) is 17.6. The lowest BCUT2D eigenvalue weighted by Crippen LogP contribution is -2.31. The average Bonchev–Trinajstić information content (AvgIpc) is 3.43. The lowest BCUT2D eigenvalue weighted by molar-refractivity contribution is 0.393. The third-order valence-corrected chi connectivity index (χ3v) is 20.1. The maximum absolute atomic E-state index is 15.1. The summed E-state index contributed by atoms with van der Waals surface area (Å²) in [6.07, 6.45) is 1.57. The zero-order valence-corrected chi connectivity index (χ0v) is 44.6. The van der Waals surface area contributed by atoms with Crippen molar-refractivity contribution < 1.29 is 38.1 Å². The molecule has 1 heterocycles. The van der Waals surface area contributed by atoms with Crippen LogP contribution in [0.3, 0.4) is 0 Å². The number of sulfonamides is 4. The molecule has 7 aromatic carbocycles. The van der Waals surface area contributed by atoms with Gasteiger partial charge in [0.05, 0.1) is 31.8 Å². The standard InChI is InChI=1S/C57H56FN5O8S4/c1-3-60(39-45-16-8-5-9-17-45)72(64,65)53-28-32-55(33-29-53)74(68,69)62(43-51-22-14-15-23-57(51)58)42-48-24-26-49(27-25-48)50-36-37-59-52(38-50)44-63(41-47-20-12-7-13-21-47)75(70,71)56-34-30-54(31-35-56)73(66,67)61(4-2)40-46-18-10-6-11-19-46/h5-38H,3-4,39-44H2,1-2H3. The van der Waals surface area contributed by atoms with E-state index in [4.69, 9.17) is 0 Å². The van der Waals surface area contributed by atoms with E-state index in [2.05, 4.69) is 4.98 Å². The van der Waals surface area contributed by atoms with Crippen LogP contribution in [0.15, 0.2) is 226 Å². The molecular weight excluding hydrogens is 1030 g/mol.